The number of hydrogen-bond donors (Lipinski definition) is 2. The highest BCUT2D eigenvalue weighted by Crippen LogP contribution is 2.22. The smallest absolute Gasteiger partial charge is 0.270 e. The molecule has 1 aromatic heterocycles. The van der Waals surface area contributed by atoms with Gasteiger partial charge in [-0.15, -0.1) is 0 Å². The fraction of sp³-hybridized carbons (Fsp3) is 0. The predicted molar refractivity (Wildman–Crippen MR) is 92.5 cm³/mol. The number of nitrogens with zero attached hydrogens (tertiary/aromatic N) is 3. The first-order chi connectivity index (χ1) is 13.8. The number of hydrazone groups is 1. The topological polar surface area (TPSA) is 93.9 Å². The first-order valence-electron chi connectivity index (χ1n) is 7.75. The van der Waals surface area contributed by atoms with Crippen LogP contribution in [0.3, 0.4) is 0 Å². The van der Waals surface area contributed by atoms with Crippen molar-refractivity contribution in [3.8, 4) is 17.3 Å². The van der Waals surface area contributed by atoms with Crippen molar-refractivity contribution in [1.29, 1.82) is 5.26 Å². The normalized spacial score (nSPS) is 10.9. The van der Waals surface area contributed by atoms with Crippen LogP contribution in [0.25, 0.3) is 11.3 Å². The molecule has 3 rings (SSSR count). The number of anilines is 1. The van der Waals surface area contributed by atoms with Gasteiger partial charge in [0.25, 0.3) is 5.56 Å². The van der Waals surface area contributed by atoms with Crippen LogP contribution in [0.5, 0.6) is 0 Å². The molecular formula is C18H8F5N5O. The average molecular weight is 405 g/mol. The summed E-state index contributed by atoms with van der Waals surface area (Å²) in [5.74, 6) is -11.0. The van der Waals surface area contributed by atoms with Gasteiger partial charge in [0.05, 0.1) is 17.5 Å². The lowest BCUT2D eigenvalue weighted by Crippen LogP contribution is -2.16. The zero-order chi connectivity index (χ0) is 21.1. The van der Waals surface area contributed by atoms with E-state index in [9.17, 15) is 26.7 Å². The first kappa shape index (κ1) is 19.7. The van der Waals surface area contributed by atoms with E-state index in [4.69, 9.17) is 5.26 Å². The number of H-pyrrole nitrogens is 1. The number of nitrogens with one attached hydrogen (secondary N) is 2. The number of benzene rings is 2. The molecule has 0 aliphatic heterocycles. The second kappa shape index (κ2) is 7.89. The molecular weight excluding hydrogens is 397 g/mol. The van der Waals surface area contributed by atoms with Gasteiger partial charge in [-0.2, -0.15) is 10.4 Å². The van der Waals surface area contributed by atoms with Gasteiger partial charge in [-0.1, -0.05) is 30.3 Å². The number of aromatic amines is 1. The maximum absolute atomic E-state index is 13.6. The van der Waals surface area contributed by atoms with E-state index in [2.05, 4.69) is 20.5 Å². The molecule has 0 saturated heterocycles. The summed E-state index contributed by atoms with van der Waals surface area (Å²) >= 11 is 0. The summed E-state index contributed by atoms with van der Waals surface area (Å²) in [4.78, 5) is 18.2. The van der Waals surface area contributed by atoms with Crippen LogP contribution < -0.4 is 11.0 Å². The van der Waals surface area contributed by atoms with Crippen molar-refractivity contribution in [2.45, 2.75) is 0 Å². The van der Waals surface area contributed by atoms with E-state index in [1.165, 1.54) is 0 Å². The highest BCUT2D eigenvalue weighted by molar-refractivity contribution is 5.81. The Morgan fingerprint density at radius 3 is 2.17 bits per heavy atom. The van der Waals surface area contributed by atoms with Crippen molar-refractivity contribution in [2.75, 3.05) is 5.43 Å². The molecule has 11 heteroatoms. The van der Waals surface area contributed by atoms with Gasteiger partial charge < -0.3 is 0 Å². The molecule has 0 radical (unpaired) electrons. The molecule has 0 unspecified atom stereocenters. The summed E-state index contributed by atoms with van der Waals surface area (Å²) in [6, 6.07) is 9.89. The molecule has 0 spiro atoms. The van der Waals surface area contributed by atoms with Crippen LogP contribution >= 0.6 is 0 Å². The highest BCUT2D eigenvalue weighted by Gasteiger charge is 2.24. The summed E-state index contributed by atoms with van der Waals surface area (Å²) < 4.78 is 66.7. The molecule has 2 aromatic carbocycles. The van der Waals surface area contributed by atoms with E-state index in [0.717, 1.165) is 0 Å². The van der Waals surface area contributed by atoms with Crippen molar-refractivity contribution in [1.82, 2.24) is 9.97 Å². The van der Waals surface area contributed by atoms with Crippen molar-refractivity contribution in [3.05, 3.63) is 80.9 Å². The standard InChI is InChI=1S/C18H8F5N5O/c19-11-10(12(20)14(22)15(23)13(11)21)7-25-28-18-26-16(8-4-2-1-3-5-8)9(6-24)17(29)27-18/h1-5,7H,(H2,26,27,28,29)/b25-7-. The molecule has 0 aliphatic carbocycles. The molecule has 0 aliphatic rings. The van der Waals surface area contributed by atoms with Crippen molar-refractivity contribution < 1.29 is 22.0 Å². The van der Waals surface area contributed by atoms with Crippen LogP contribution in [0.15, 0.2) is 40.2 Å². The lowest BCUT2D eigenvalue weighted by atomic mass is 10.1. The largest absolute Gasteiger partial charge is 0.290 e. The Kier molecular flexibility index (Phi) is 5.36. The molecule has 0 fully saturated rings. The number of hydrogen-bond acceptors (Lipinski definition) is 5. The fourth-order valence-electron chi connectivity index (χ4n) is 2.33. The molecule has 0 bridgehead atoms. The predicted octanol–water partition coefficient (Wildman–Crippen LogP) is 3.45. The van der Waals surface area contributed by atoms with E-state index in [1.54, 1.807) is 36.4 Å². The van der Waals surface area contributed by atoms with Crippen LogP contribution in [0.1, 0.15) is 11.1 Å². The quantitative estimate of drug-likeness (QED) is 0.229. The first-order valence-corrected chi connectivity index (χ1v) is 7.75. The summed E-state index contributed by atoms with van der Waals surface area (Å²) in [6.07, 6.45) is 0.344. The van der Waals surface area contributed by atoms with E-state index in [1.807, 2.05) is 0 Å². The molecule has 1 heterocycles. The Bertz CT molecular complexity index is 1190. The third-order valence-electron chi connectivity index (χ3n) is 3.69. The third-order valence-corrected chi connectivity index (χ3v) is 3.69. The monoisotopic (exact) mass is 405 g/mol. The average Bonchev–Trinajstić information content (AvgIpc) is 2.73. The van der Waals surface area contributed by atoms with Crippen molar-refractivity contribution >= 4 is 12.2 Å². The van der Waals surface area contributed by atoms with Crippen molar-refractivity contribution in [3.63, 3.8) is 0 Å². The maximum Gasteiger partial charge on any atom is 0.270 e. The Labute approximate surface area is 159 Å². The van der Waals surface area contributed by atoms with Crippen LogP contribution in [0.4, 0.5) is 27.9 Å². The summed E-state index contributed by atoms with van der Waals surface area (Å²) in [5.41, 5.74) is 0.168. The van der Waals surface area contributed by atoms with Crippen LogP contribution in [0.2, 0.25) is 0 Å². The minimum Gasteiger partial charge on any atom is -0.290 e. The van der Waals surface area contributed by atoms with E-state index >= 15 is 0 Å². The van der Waals surface area contributed by atoms with Gasteiger partial charge in [-0.25, -0.2) is 32.4 Å². The maximum atomic E-state index is 13.6. The molecule has 29 heavy (non-hydrogen) atoms. The molecule has 146 valence electrons. The van der Waals surface area contributed by atoms with Gasteiger partial charge in [-0.05, 0) is 0 Å². The van der Waals surface area contributed by atoms with E-state index in [0.29, 0.717) is 11.8 Å². The van der Waals surface area contributed by atoms with Gasteiger partial charge in [0, 0.05) is 5.56 Å². The lowest BCUT2D eigenvalue weighted by Gasteiger charge is -2.06. The minimum atomic E-state index is -2.30. The van der Waals surface area contributed by atoms with E-state index in [-0.39, 0.29) is 17.2 Å². The molecule has 2 N–H and O–H groups in total. The Morgan fingerprint density at radius 2 is 1.59 bits per heavy atom. The number of rotatable bonds is 4. The second-order valence-electron chi connectivity index (χ2n) is 5.47. The van der Waals surface area contributed by atoms with Gasteiger partial charge in [-0.3, -0.25) is 9.78 Å². The minimum absolute atomic E-state index is 0.00535. The van der Waals surface area contributed by atoms with Crippen molar-refractivity contribution in [2.24, 2.45) is 5.10 Å². The Hall–Kier alpha value is -4.07. The van der Waals surface area contributed by atoms with Gasteiger partial charge in [0.2, 0.25) is 11.8 Å². The second-order valence-corrected chi connectivity index (χ2v) is 5.47. The number of nitriles is 1. The SMILES string of the molecule is N#Cc1c(-c2ccccc2)nc(N/N=C\c2c(F)c(F)c(F)c(F)c2F)[nH]c1=O. The molecule has 3 aromatic rings. The number of aromatic nitrogens is 2. The molecule has 0 atom stereocenters. The highest BCUT2D eigenvalue weighted by atomic mass is 19.2. The van der Waals surface area contributed by atoms with Gasteiger partial charge in [0.15, 0.2) is 23.3 Å². The molecule has 0 amide bonds. The zero-order valence-corrected chi connectivity index (χ0v) is 14.1. The molecule has 0 saturated carbocycles. The van der Waals surface area contributed by atoms with Crippen LogP contribution in [0, 0.1) is 40.4 Å². The summed E-state index contributed by atoms with van der Waals surface area (Å²) in [5, 5.41) is 12.5. The summed E-state index contributed by atoms with van der Waals surface area (Å²) in [7, 11) is 0. The Balaban J connectivity index is 1.98. The van der Waals surface area contributed by atoms with Crippen LogP contribution in [-0.2, 0) is 0 Å². The lowest BCUT2D eigenvalue weighted by molar-refractivity contribution is 0.377. The van der Waals surface area contributed by atoms with Gasteiger partial charge >= 0.3 is 0 Å². The van der Waals surface area contributed by atoms with Gasteiger partial charge in [0.1, 0.15) is 11.6 Å². The fourth-order valence-corrected chi connectivity index (χ4v) is 2.33. The summed E-state index contributed by atoms with van der Waals surface area (Å²) in [6.45, 7) is 0. The Morgan fingerprint density at radius 1 is 1.00 bits per heavy atom. The third kappa shape index (κ3) is 3.68. The molecule has 6 nitrogen and oxygen atoms in total. The zero-order valence-electron chi connectivity index (χ0n) is 14.1. The van der Waals surface area contributed by atoms with E-state index < -0.39 is 40.2 Å². The number of halogens is 5. The van der Waals surface area contributed by atoms with Crippen LogP contribution in [-0.4, -0.2) is 16.2 Å².